The highest BCUT2D eigenvalue weighted by Crippen LogP contribution is 2.31. The SMILES string of the molecule is COc1ccc(Cl)cc1Nc1ncnc2ccccc12.Cl. The van der Waals surface area contributed by atoms with Gasteiger partial charge in [-0.15, -0.1) is 12.4 Å². The predicted octanol–water partition coefficient (Wildman–Crippen LogP) is 4.46. The maximum absolute atomic E-state index is 6.03. The molecule has 1 heterocycles. The van der Waals surface area contributed by atoms with E-state index < -0.39 is 0 Å². The minimum atomic E-state index is 0. The van der Waals surface area contributed by atoms with Gasteiger partial charge in [0.1, 0.15) is 17.9 Å². The van der Waals surface area contributed by atoms with Gasteiger partial charge in [0.2, 0.25) is 0 Å². The second-order valence-electron chi connectivity index (χ2n) is 4.21. The van der Waals surface area contributed by atoms with Crippen molar-refractivity contribution in [2.24, 2.45) is 0 Å². The molecular formula is C15H13Cl2N3O. The number of rotatable bonds is 3. The van der Waals surface area contributed by atoms with Gasteiger partial charge in [-0.1, -0.05) is 23.7 Å². The Morgan fingerprint density at radius 2 is 1.90 bits per heavy atom. The molecule has 1 N–H and O–H groups in total. The van der Waals surface area contributed by atoms with Crippen LogP contribution in [0.3, 0.4) is 0 Å². The lowest BCUT2D eigenvalue weighted by Gasteiger charge is -2.12. The van der Waals surface area contributed by atoms with Gasteiger partial charge in [0.25, 0.3) is 0 Å². The average Bonchev–Trinajstić information content (AvgIpc) is 2.48. The predicted molar refractivity (Wildman–Crippen MR) is 88.1 cm³/mol. The zero-order chi connectivity index (χ0) is 13.9. The lowest BCUT2D eigenvalue weighted by atomic mass is 10.2. The van der Waals surface area contributed by atoms with E-state index in [1.54, 1.807) is 19.2 Å². The van der Waals surface area contributed by atoms with Gasteiger partial charge >= 0.3 is 0 Å². The van der Waals surface area contributed by atoms with Crippen LogP contribution in [0.15, 0.2) is 48.8 Å². The number of aromatic nitrogens is 2. The Morgan fingerprint density at radius 1 is 1.10 bits per heavy atom. The molecule has 0 aliphatic rings. The molecule has 0 amide bonds. The summed E-state index contributed by atoms with van der Waals surface area (Å²) in [5.41, 5.74) is 1.65. The minimum absolute atomic E-state index is 0. The van der Waals surface area contributed by atoms with Crippen molar-refractivity contribution >= 4 is 46.4 Å². The number of nitrogens with one attached hydrogen (secondary N) is 1. The van der Waals surface area contributed by atoms with Crippen LogP contribution in [0, 0.1) is 0 Å². The van der Waals surface area contributed by atoms with Gasteiger partial charge in [-0.2, -0.15) is 0 Å². The van der Waals surface area contributed by atoms with Gasteiger partial charge in [0, 0.05) is 10.4 Å². The van der Waals surface area contributed by atoms with E-state index in [0.717, 1.165) is 22.4 Å². The highest BCUT2D eigenvalue weighted by molar-refractivity contribution is 6.31. The van der Waals surface area contributed by atoms with Crippen molar-refractivity contribution in [3.05, 3.63) is 53.8 Å². The van der Waals surface area contributed by atoms with E-state index in [1.165, 1.54) is 6.33 Å². The third-order valence-electron chi connectivity index (χ3n) is 2.96. The summed E-state index contributed by atoms with van der Waals surface area (Å²) in [5.74, 6) is 1.42. The topological polar surface area (TPSA) is 47.0 Å². The summed E-state index contributed by atoms with van der Waals surface area (Å²) < 4.78 is 5.32. The first kappa shape index (κ1) is 15.4. The lowest BCUT2D eigenvalue weighted by Crippen LogP contribution is -1.98. The van der Waals surface area contributed by atoms with Gasteiger partial charge in [0.15, 0.2) is 0 Å². The maximum Gasteiger partial charge on any atom is 0.142 e. The second-order valence-corrected chi connectivity index (χ2v) is 4.65. The van der Waals surface area contributed by atoms with Crippen LogP contribution in [-0.4, -0.2) is 17.1 Å². The van der Waals surface area contributed by atoms with Gasteiger partial charge in [-0.3, -0.25) is 0 Å². The van der Waals surface area contributed by atoms with Crippen LogP contribution in [-0.2, 0) is 0 Å². The Hall–Kier alpha value is -2.04. The number of methoxy groups -OCH3 is 1. The minimum Gasteiger partial charge on any atom is -0.495 e. The molecule has 0 bridgehead atoms. The average molecular weight is 322 g/mol. The number of ether oxygens (including phenoxy) is 1. The number of anilines is 2. The summed E-state index contributed by atoms with van der Waals surface area (Å²) in [7, 11) is 1.62. The second kappa shape index (κ2) is 6.61. The molecule has 2 aromatic carbocycles. The molecule has 0 aliphatic carbocycles. The molecule has 0 aliphatic heterocycles. The third-order valence-corrected chi connectivity index (χ3v) is 3.19. The van der Waals surface area contributed by atoms with Crippen molar-refractivity contribution in [2.45, 2.75) is 0 Å². The van der Waals surface area contributed by atoms with E-state index in [9.17, 15) is 0 Å². The number of hydrogen-bond donors (Lipinski definition) is 1. The van der Waals surface area contributed by atoms with Crippen LogP contribution >= 0.6 is 24.0 Å². The van der Waals surface area contributed by atoms with Crippen molar-refractivity contribution in [1.29, 1.82) is 0 Å². The molecule has 0 unspecified atom stereocenters. The molecule has 3 rings (SSSR count). The highest BCUT2D eigenvalue weighted by atomic mass is 35.5. The smallest absolute Gasteiger partial charge is 0.142 e. The Balaban J connectivity index is 0.00000161. The quantitative estimate of drug-likeness (QED) is 0.773. The van der Waals surface area contributed by atoms with E-state index in [0.29, 0.717) is 10.8 Å². The fourth-order valence-electron chi connectivity index (χ4n) is 2.01. The summed E-state index contributed by atoms with van der Waals surface area (Å²) in [6.45, 7) is 0. The van der Waals surface area contributed by atoms with Crippen molar-refractivity contribution in [1.82, 2.24) is 9.97 Å². The summed E-state index contributed by atoms with van der Waals surface area (Å²) in [6, 6.07) is 13.2. The molecule has 108 valence electrons. The van der Waals surface area contributed by atoms with Crippen LogP contribution in [0.5, 0.6) is 5.75 Å². The molecule has 0 saturated heterocycles. The first-order valence-corrected chi connectivity index (χ1v) is 6.46. The molecule has 6 heteroatoms. The van der Waals surface area contributed by atoms with Crippen LogP contribution in [0.25, 0.3) is 10.9 Å². The van der Waals surface area contributed by atoms with E-state index in [-0.39, 0.29) is 12.4 Å². The number of hydrogen-bond acceptors (Lipinski definition) is 4. The van der Waals surface area contributed by atoms with Crippen LogP contribution in [0.4, 0.5) is 11.5 Å². The molecule has 0 radical (unpaired) electrons. The molecule has 0 saturated carbocycles. The summed E-state index contributed by atoms with van der Waals surface area (Å²) in [5, 5.41) is 4.82. The summed E-state index contributed by atoms with van der Waals surface area (Å²) in [6.07, 6.45) is 1.53. The van der Waals surface area contributed by atoms with E-state index in [1.807, 2.05) is 30.3 Å². The normalized spacial score (nSPS) is 10.0. The summed E-state index contributed by atoms with van der Waals surface area (Å²) >= 11 is 6.03. The van der Waals surface area contributed by atoms with E-state index in [4.69, 9.17) is 16.3 Å². The third kappa shape index (κ3) is 3.17. The van der Waals surface area contributed by atoms with Gasteiger partial charge in [-0.05, 0) is 30.3 Å². The maximum atomic E-state index is 6.03. The Kier molecular flexibility index (Phi) is 4.83. The van der Waals surface area contributed by atoms with Gasteiger partial charge in [-0.25, -0.2) is 9.97 Å². The van der Waals surface area contributed by atoms with Gasteiger partial charge < -0.3 is 10.1 Å². The first-order valence-electron chi connectivity index (χ1n) is 6.08. The van der Waals surface area contributed by atoms with Crippen molar-refractivity contribution < 1.29 is 4.74 Å². The fourth-order valence-corrected chi connectivity index (χ4v) is 2.18. The molecule has 1 aromatic heterocycles. The number of para-hydroxylation sites is 1. The molecular weight excluding hydrogens is 309 g/mol. The van der Waals surface area contributed by atoms with E-state index >= 15 is 0 Å². The monoisotopic (exact) mass is 321 g/mol. The molecule has 0 spiro atoms. The van der Waals surface area contributed by atoms with Crippen LogP contribution in [0.2, 0.25) is 5.02 Å². The first-order chi connectivity index (χ1) is 9.78. The Bertz CT molecular complexity index is 759. The fraction of sp³-hybridized carbons (Fsp3) is 0.0667. The van der Waals surface area contributed by atoms with Crippen LogP contribution < -0.4 is 10.1 Å². The number of benzene rings is 2. The zero-order valence-electron chi connectivity index (χ0n) is 11.2. The van der Waals surface area contributed by atoms with Crippen molar-refractivity contribution in [3.8, 4) is 5.75 Å². The number of halogens is 2. The van der Waals surface area contributed by atoms with E-state index in [2.05, 4.69) is 15.3 Å². The molecule has 0 atom stereocenters. The lowest BCUT2D eigenvalue weighted by molar-refractivity contribution is 0.417. The number of fused-ring (bicyclic) bond motifs is 1. The standard InChI is InChI=1S/C15H12ClN3O.ClH/c1-20-14-7-6-10(16)8-13(14)19-15-11-4-2-3-5-12(11)17-9-18-15;/h2-9H,1H3,(H,17,18,19);1H. The molecule has 3 aromatic rings. The number of nitrogens with zero attached hydrogens (tertiary/aromatic N) is 2. The molecule has 21 heavy (non-hydrogen) atoms. The Morgan fingerprint density at radius 3 is 2.71 bits per heavy atom. The highest BCUT2D eigenvalue weighted by Gasteiger charge is 2.08. The molecule has 4 nitrogen and oxygen atoms in total. The zero-order valence-corrected chi connectivity index (χ0v) is 12.8. The largest absolute Gasteiger partial charge is 0.495 e. The van der Waals surface area contributed by atoms with Crippen molar-refractivity contribution in [3.63, 3.8) is 0 Å². The van der Waals surface area contributed by atoms with Crippen LogP contribution in [0.1, 0.15) is 0 Å². The molecule has 0 fully saturated rings. The Labute approximate surface area is 133 Å². The van der Waals surface area contributed by atoms with Crippen molar-refractivity contribution in [2.75, 3.05) is 12.4 Å². The summed E-state index contributed by atoms with van der Waals surface area (Å²) in [4.78, 5) is 8.52. The van der Waals surface area contributed by atoms with Gasteiger partial charge in [0.05, 0.1) is 18.3 Å².